The predicted molar refractivity (Wildman–Crippen MR) is 100 cm³/mol. The van der Waals surface area contributed by atoms with E-state index in [1.165, 1.54) is 4.90 Å². The lowest BCUT2D eigenvalue weighted by molar-refractivity contribution is -0.162. The van der Waals surface area contributed by atoms with Crippen LogP contribution in [0.5, 0.6) is 5.88 Å². The number of primary amides is 1. The third-order valence-corrected chi connectivity index (χ3v) is 6.81. The molecule has 0 bridgehead atoms. The molecule has 3 aliphatic carbocycles. The summed E-state index contributed by atoms with van der Waals surface area (Å²) in [5.74, 6) is -0.380. The molecular formula is C20H26N4O4. The van der Waals surface area contributed by atoms with Gasteiger partial charge in [-0.05, 0) is 69.5 Å². The summed E-state index contributed by atoms with van der Waals surface area (Å²) in [4.78, 5) is 41.4. The molecule has 0 saturated heterocycles. The highest BCUT2D eigenvalue weighted by Gasteiger charge is 2.57. The van der Waals surface area contributed by atoms with Crippen molar-refractivity contribution in [3.05, 3.63) is 23.9 Å². The summed E-state index contributed by atoms with van der Waals surface area (Å²) in [6.45, 7) is 0. The molecular weight excluding hydrogens is 360 g/mol. The van der Waals surface area contributed by atoms with E-state index in [4.69, 9.17) is 10.5 Å². The van der Waals surface area contributed by atoms with Gasteiger partial charge in [-0.15, -0.1) is 0 Å². The number of aromatic nitrogens is 1. The smallest absolute Gasteiger partial charge is 0.254 e. The Kier molecular flexibility index (Phi) is 4.61. The van der Waals surface area contributed by atoms with Gasteiger partial charge in [0.1, 0.15) is 11.7 Å². The quantitative estimate of drug-likeness (QED) is 0.676. The third kappa shape index (κ3) is 2.96. The number of nitrogens with two attached hydrogens (primary N) is 1. The zero-order valence-corrected chi connectivity index (χ0v) is 16.0. The number of imide groups is 1. The molecule has 3 N–H and O–H groups in total. The summed E-state index contributed by atoms with van der Waals surface area (Å²) in [5.41, 5.74) is 5.21. The first-order valence-corrected chi connectivity index (χ1v) is 9.80. The minimum absolute atomic E-state index is 0.0235. The van der Waals surface area contributed by atoms with Crippen LogP contribution in [0.15, 0.2) is 18.3 Å². The molecule has 1 spiro atoms. The van der Waals surface area contributed by atoms with Gasteiger partial charge in [0.25, 0.3) is 5.91 Å². The molecule has 3 aliphatic rings. The summed E-state index contributed by atoms with van der Waals surface area (Å²) in [6, 6.07) is 3.22. The van der Waals surface area contributed by atoms with Crippen molar-refractivity contribution in [1.82, 2.24) is 15.2 Å². The van der Waals surface area contributed by atoms with Crippen LogP contribution in [0.3, 0.4) is 0 Å². The Bertz CT molecular complexity index is 788. The second-order valence-electron chi connectivity index (χ2n) is 8.43. The lowest BCUT2D eigenvalue weighted by Gasteiger charge is -2.59. The molecule has 8 heteroatoms. The first kappa shape index (κ1) is 18.9. The molecule has 0 aliphatic heterocycles. The number of hydrogen-bond donors (Lipinski definition) is 2. The Labute approximate surface area is 163 Å². The molecule has 1 aromatic rings. The van der Waals surface area contributed by atoms with E-state index in [0.29, 0.717) is 6.41 Å². The Hall–Kier alpha value is -2.48. The van der Waals surface area contributed by atoms with Crippen molar-refractivity contribution in [2.24, 2.45) is 11.1 Å². The van der Waals surface area contributed by atoms with Crippen molar-refractivity contribution in [1.29, 1.82) is 0 Å². The first-order chi connectivity index (χ1) is 13.4. The Morgan fingerprint density at radius 2 is 2.04 bits per heavy atom. The van der Waals surface area contributed by atoms with E-state index in [9.17, 15) is 14.4 Å². The van der Waals surface area contributed by atoms with Gasteiger partial charge in [0.05, 0.1) is 5.54 Å². The lowest BCUT2D eigenvalue weighted by Crippen LogP contribution is -2.66. The van der Waals surface area contributed by atoms with Crippen molar-refractivity contribution in [2.45, 2.75) is 62.6 Å². The number of nitrogens with one attached hydrogen (secondary N) is 1. The average molecular weight is 386 g/mol. The van der Waals surface area contributed by atoms with Crippen LogP contribution in [0.25, 0.3) is 0 Å². The number of nitrogens with zero attached hydrogens (tertiary/aromatic N) is 2. The highest BCUT2D eigenvalue weighted by atomic mass is 16.5. The van der Waals surface area contributed by atoms with E-state index < -0.39 is 11.4 Å². The maximum absolute atomic E-state index is 12.8. The molecule has 150 valence electrons. The maximum atomic E-state index is 12.8. The molecule has 0 aromatic carbocycles. The zero-order valence-electron chi connectivity index (χ0n) is 16.0. The lowest BCUT2D eigenvalue weighted by atomic mass is 9.52. The SMILES string of the molecule is CNC1(C(=O)N(C=O)C2CC3(CC(Oc4ncccc4C(N)=O)C3)C2)CCC1. The summed E-state index contributed by atoms with van der Waals surface area (Å²) < 4.78 is 5.87. The van der Waals surface area contributed by atoms with Crippen LogP contribution in [-0.2, 0) is 9.59 Å². The number of likely N-dealkylation sites (N-methyl/N-ethyl adjacent to an activating group) is 1. The normalized spacial score (nSPS) is 29.8. The monoisotopic (exact) mass is 386 g/mol. The molecule has 1 aromatic heterocycles. The zero-order chi connectivity index (χ0) is 19.9. The number of carbonyl (C=O) groups is 3. The van der Waals surface area contributed by atoms with Gasteiger partial charge in [0, 0.05) is 12.2 Å². The summed E-state index contributed by atoms with van der Waals surface area (Å²) in [7, 11) is 1.79. The minimum atomic E-state index is -0.560. The highest BCUT2D eigenvalue weighted by molar-refractivity contribution is 5.95. The summed E-state index contributed by atoms with van der Waals surface area (Å²) in [6.07, 6.45) is 8.09. The molecule has 28 heavy (non-hydrogen) atoms. The van der Waals surface area contributed by atoms with Crippen molar-refractivity contribution in [3.8, 4) is 5.88 Å². The van der Waals surface area contributed by atoms with Gasteiger partial charge in [0.2, 0.25) is 18.2 Å². The van der Waals surface area contributed by atoms with Crippen molar-refractivity contribution < 1.29 is 19.1 Å². The third-order valence-electron chi connectivity index (χ3n) is 6.81. The van der Waals surface area contributed by atoms with E-state index in [0.717, 1.165) is 44.9 Å². The topological polar surface area (TPSA) is 115 Å². The number of rotatable bonds is 7. The standard InChI is InChI=1S/C20H26N4O4/c1-22-20(5-3-6-20)18(27)24(12-25)13-8-19(9-13)10-14(11-19)28-17-15(16(21)26)4-2-7-23-17/h2,4,7,12-14,22H,3,5-6,8-11H2,1H3,(H2,21,26). The van der Waals surface area contributed by atoms with Gasteiger partial charge >= 0.3 is 0 Å². The van der Waals surface area contributed by atoms with Crippen LogP contribution >= 0.6 is 0 Å². The van der Waals surface area contributed by atoms with E-state index in [-0.39, 0.29) is 34.9 Å². The van der Waals surface area contributed by atoms with Gasteiger partial charge in [-0.3, -0.25) is 19.3 Å². The van der Waals surface area contributed by atoms with Crippen LogP contribution in [0.4, 0.5) is 0 Å². The Morgan fingerprint density at radius 1 is 1.32 bits per heavy atom. The fraction of sp³-hybridized carbons (Fsp3) is 0.600. The summed E-state index contributed by atoms with van der Waals surface area (Å²) in [5, 5.41) is 3.12. The van der Waals surface area contributed by atoms with Gasteiger partial charge < -0.3 is 15.8 Å². The van der Waals surface area contributed by atoms with Crippen LogP contribution < -0.4 is 15.8 Å². The number of amides is 3. The molecule has 3 saturated carbocycles. The number of pyridine rings is 1. The second kappa shape index (κ2) is 6.84. The van der Waals surface area contributed by atoms with Crippen molar-refractivity contribution in [3.63, 3.8) is 0 Å². The van der Waals surface area contributed by atoms with E-state index >= 15 is 0 Å². The van der Waals surface area contributed by atoms with E-state index in [2.05, 4.69) is 10.3 Å². The fourth-order valence-corrected chi connectivity index (χ4v) is 4.94. The molecule has 3 fully saturated rings. The molecule has 8 nitrogen and oxygen atoms in total. The van der Waals surface area contributed by atoms with Crippen molar-refractivity contribution in [2.75, 3.05) is 7.05 Å². The van der Waals surface area contributed by atoms with Gasteiger partial charge in [-0.25, -0.2) is 4.98 Å². The number of carbonyl (C=O) groups excluding carboxylic acids is 3. The molecule has 0 unspecified atom stereocenters. The first-order valence-electron chi connectivity index (χ1n) is 9.80. The molecule has 1 heterocycles. The summed E-state index contributed by atoms with van der Waals surface area (Å²) >= 11 is 0. The number of ether oxygens (including phenoxy) is 1. The number of hydrogen-bond acceptors (Lipinski definition) is 6. The van der Waals surface area contributed by atoms with E-state index in [1.807, 2.05) is 0 Å². The van der Waals surface area contributed by atoms with Gasteiger partial charge in [-0.2, -0.15) is 0 Å². The Balaban J connectivity index is 1.32. The van der Waals surface area contributed by atoms with Crippen LogP contribution in [0, 0.1) is 5.41 Å². The second-order valence-corrected chi connectivity index (χ2v) is 8.43. The Morgan fingerprint density at radius 3 is 2.57 bits per heavy atom. The van der Waals surface area contributed by atoms with Crippen LogP contribution in [0.1, 0.15) is 55.3 Å². The van der Waals surface area contributed by atoms with Crippen molar-refractivity contribution >= 4 is 18.2 Å². The van der Waals surface area contributed by atoms with Gasteiger partial charge in [0.15, 0.2) is 0 Å². The molecule has 3 amide bonds. The average Bonchev–Trinajstić information content (AvgIpc) is 2.58. The van der Waals surface area contributed by atoms with Gasteiger partial charge in [-0.1, -0.05) is 0 Å². The predicted octanol–water partition coefficient (Wildman–Crippen LogP) is 0.998. The fourth-order valence-electron chi connectivity index (χ4n) is 4.94. The molecule has 0 atom stereocenters. The van der Waals surface area contributed by atoms with Crippen LogP contribution in [0.2, 0.25) is 0 Å². The minimum Gasteiger partial charge on any atom is -0.474 e. The van der Waals surface area contributed by atoms with Crippen LogP contribution in [-0.4, -0.2) is 52.8 Å². The highest BCUT2D eigenvalue weighted by Crippen LogP contribution is 2.58. The molecule has 0 radical (unpaired) electrons. The molecule has 4 rings (SSSR count). The maximum Gasteiger partial charge on any atom is 0.254 e. The largest absolute Gasteiger partial charge is 0.474 e. The van der Waals surface area contributed by atoms with E-state index in [1.54, 1.807) is 25.4 Å².